The van der Waals surface area contributed by atoms with Crippen LogP contribution >= 0.6 is 0 Å². The van der Waals surface area contributed by atoms with Crippen molar-refractivity contribution in [2.24, 2.45) is 7.05 Å². The Hall–Kier alpha value is -1.36. The molecule has 0 aliphatic heterocycles. The van der Waals surface area contributed by atoms with Crippen LogP contribution in [0.4, 0.5) is 0 Å². The topological polar surface area (TPSA) is 27.7 Å². The minimum Gasteiger partial charge on any atom is -0.512 e. The van der Waals surface area contributed by atoms with Gasteiger partial charge in [0.05, 0.1) is 0 Å². The van der Waals surface area contributed by atoms with Crippen LogP contribution in [-0.2, 0) is 7.05 Å². The van der Waals surface area contributed by atoms with E-state index in [-0.39, 0.29) is 0 Å². The SMILES string of the molecule is Cc1cccc[n+]1C.[C-]#N. The molecule has 0 spiro atoms. The van der Waals surface area contributed by atoms with Gasteiger partial charge >= 0.3 is 0 Å². The molecule has 0 aromatic carbocycles. The zero-order chi connectivity index (χ0) is 7.98. The molecule has 0 aliphatic carbocycles. The van der Waals surface area contributed by atoms with E-state index in [4.69, 9.17) is 11.8 Å². The van der Waals surface area contributed by atoms with Crippen LogP contribution in [0.2, 0.25) is 0 Å². The van der Waals surface area contributed by atoms with E-state index >= 15 is 0 Å². The first-order valence-corrected chi connectivity index (χ1v) is 2.94. The fraction of sp³-hybridized carbons (Fsp3) is 0.250. The molecule has 0 aliphatic rings. The standard InChI is InChI=1S/C7H10N.CN/c1-7-5-3-4-6-8(7)2;1-2/h3-6H,1-2H3;/q+1;-1. The molecule has 0 fully saturated rings. The molecule has 0 N–H and O–H groups in total. The Morgan fingerprint density at radius 2 is 2.00 bits per heavy atom. The molecule has 0 unspecified atom stereocenters. The van der Waals surface area contributed by atoms with E-state index in [0.29, 0.717) is 0 Å². The maximum atomic E-state index is 6.25. The maximum Gasteiger partial charge on any atom is 0.177 e. The van der Waals surface area contributed by atoms with Gasteiger partial charge in [0.15, 0.2) is 11.9 Å². The summed E-state index contributed by atoms with van der Waals surface area (Å²) in [4.78, 5) is 0. The fourth-order valence-corrected chi connectivity index (χ4v) is 0.609. The Morgan fingerprint density at radius 1 is 1.40 bits per heavy atom. The largest absolute Gasteiger partial charge is 0.512 e. The fourth-order valence-electron chi connectivity index (χ4n) is 0.609. The second kappa shape index (κ2) is 4.51. The van der Waals surface area contributed by atoms with Gasteiger partial charge in [-0.05, 0) is 0 Å². The Kier molecular flexibility index (Phi) is 3.90. The van der Waals surface area contributed by atoms with E-state index in [1.807, 2.05) is 25.4 Å². The molecule has 1 aromatic rings. The third kappa shape index (κ3) is 2.27. The summed E-state index contributed by atoms with van der Waals surface area (Å²) in [5.74, 6) is 0. The Labute approximate surface area is 61.4 Å². The molecule has 0 saturated heterocycles. The molecule has 1 heterocycles. The van der Waals surface area contributed by atoms with Gasteiger partial charge in [-0.1, -0.05) is 6.07 Å². The first-order valence-electron chi connectivity index (χ1n) is 2.94. The Morgan fingerprint density at radius 3 is 2.30 bits per heavy atom. The first-order chi connectivity index (χ1) is 4.80. The predicted octanol–water partition coefficient (Wildman–Crippen LogP) is 0.916. The van der Waals surface area contributed by atoms with Crippen LogP contribution in [-0.4, -0.2) is 0 Å². The van der Waals surface area contributed by atoms with Crippen LogP contribution in [0.3, 0.4) is 0 Å². The minimum absolute atomic E-state index is 1.28. The zero-order valence-electron chi connectivity index (χ0n) is 6.20. The van der Waals surface area contributed by atoms with Crippen molar-refractivity contribution in [3.8, 4) is 0 Å². The second-order valence-electron chi connectivity index (χ2n) is 1.95. The van der Waals surface area contributed by atoms with Crippen molar-refractivity contribution in [3.05, 3.63) is 36.7 Å². The highest BCUT2D eigenvalue weighted by molar-refractivity contribution is 4.93. The van der Waals surface area contributed by atoms with Crippen molar-refractivity contribution >= 4 is 0 Å². The van der Waals surface area contributed by atoms with Crippen molar-refractivity contribution < 1.29 is 4.57 Å². The molecule has 0 radical (unpaired) electrons. The molecular formula is C8H10N2. The number of rotatable bonds is 0. The van der Waals surface area contributed by atoms with E-state index in [2.05, 4.69) is 17.6 Å². The molecule has 2 heteroatoms. The van der Waals surface area contributed by atoms with E-state index in [0.717, 1.165) is 0 Å². The lowest BCUT2D eigenvalue weighted by molar-refractivity contribution is -0.677. The van der Waals surface area contributed by atoms with Gasteiger partial charge in [0.1, 0.15) is 7.05 Å². The van der Waals surface area contributed by atoms with Gasteiger partial charge in [0.25, 0.3) is 0 Å². The van der Waals surface area contributed by atoms with Crippen LogP contribution in [0, 0.1) is 18.8 Å². The summed E-state index contributed by atoms with van der Waals surface area (Å²) in [6.45, 7) is 6.83. The lowest BCUT2D eigenvalue weighted by Gasteiger charge is -1.87. The Bertz CT molecular complexity index is 194. The predicted molar refractivity (Wildman–Crippen MR) is 37.3 cm³/mol. The maximum absolute atomic E-state index is 6.25. The molecule has 0 saturated carbocycles. The van der Waals surface area contributed by atoms with Crippen molar-refractivity contribution in [2.45, 2.75) is 6.92 Å². The Balaban J connectivity index is 0.000000371. The van der Waals surface area contributed by atoms with E-state index in [1.54, 1.807) is 0 Å². The van der Waals surface area contributed by atoms with Gasteiger partial charge in [-0.15, -0.1) is 0 Å². The molecular weight excluding hydrogens is 124 g/mol. The number of hydrogen-bond donors (Lipinski definition) is 0. The molecule has 0 amide bonds. The highest BCUT2D eigenvalue weighted by Crippen LogP contribution is 1.83. The molecule has 10 heavy (non-hydrogen) atoms. The third-order valence-corrected chi connectivity index (χ3v) is 1.31. The summed E-state index contributed by atoms with van der Waals surface area (Å²) in [7, 11) is 2.04. The normalized spacial score (nSPS) is 7.60. The average Bonchev–Trinajstić information content (AvgIpc) is 2.00. The van der Waals surface area contributed by atoms with E-state index in [1.165, 1.54) is 5.69 Å². The number of aromatic nitrogens is 1. The van der Waals surface area contributed by atoms with Gasteiger partial charge in [-0.3, -0.25) is 0 Å². The molecule has 0 atom stereocenters. The van der Waals surface area contributed by atoms with Gasteiger partial charge in [-0.25, -0.2) is 4.57 Å². The van der Waals surface area contributed by atoms with Gasteiger partial charge < -0.3 is 11.8 Å². The lowest BCUT2D eigenvalue weighted by atomic mass is 10.4. The van der Waals surface area contributed by atoms with E-state index in [9.17, 15) is 0 Å². The summed E-state index contributed by atoms with van der Waals surface area (Å²) < 4.78 is 2.08. The minimum atomic E-state index is 1.28. The van der Waals surface area contributed by atoms with E-state index < -0.39 is 0 Å². The van der Waals surface area contributed by atoms with Crippen LogP contribution in [0.5, 0.6) is 0 Å². The zero-order valence-corrected chi connectivity index (χ0v) is 6.20. The highest BCUT2D eigenvalue weighted by Gasteiger charge is 1.91. The molecule has 0 bridgehead atoms. The quantitative estimate of drug-likeness (QED) is 0.383. The number of aryl methyl sites for hydroxylation is 2. The van der Waals surface area contributed by atoms with Gasteiger partial charge in [0.2, 0.25) is 0 Å². The first kappa shape index (κ1) is 8.64. The highest BCUT2D eigenvalue weighted by atomic mass is 14.9. The lowest BCUT2D eigenvalue weighted by Crippen LogP contribution is -2.30. The summed E-state index contributed by atoms with van der Waals surface area (Å²) in [5.41, 5.74) is 1.28. The van der Waals surface area contributed by atoms with Crippen molar-refractivity contribution in [2.75, 3.05) is 0 Å². The molecule has 1 rings (SSSR count). The van der Waals surface area contributed by atoms with Crippen molar-refractivity contribution in [3.63, 3.8) is 0 Å². The smallest absolute Gasteiger partial charge is 0.177 e. The van der Waals surface area contributed by atoms with Crippen LogP contribution in [0.1, 0.15) is 5.69 Å². The number of pyridine rings is 1. The molecule has 1 aromatic heterocycles. The summed E-state index contributed by atoms with van der Waals surface area (Å²) >= 11 is 0. The third-order valence-electron chi connectivity index (χ3n) is 1.31. The van der Waals surface area contributed by atoms with Crippen LogP contribution in [0.25, 0.3) is 0 Å². The average molecular weight is 134 g/mol. The summed E-state index contributed by atoms with van der Waals surface area (Å²) in [6.07, 6.45) is 2.04. The van der Waals surface area contributed by atoms with Crippen LogP contribution in [0.15, 0.2) is 24.4 Å². The number of nitrogens with zero attached hydrogens (tertiary/aromatic N) is 2. The monoisotopic (exact) mass is 134 g/mol. The molecule has 52 valence electrons. The summed E-state index contributed by atoms with van der Waals surface area (Å²) in [5, 5.41) is 6.25. The van der Waals surface area contributed by atoms with Crippen molar-refractivity contribution in [1.82, 2.24) is 0 Å². The van der Waals surface area contributed by atoms with Crippen LogP contribution < -0.4 is 4.57 Å². The number of hydrogen-bond acceptors (Lipinski definition) is 1. The summed E-state index contributed by atoms with van der Waals surface area (Å²) in [6, 6.07) is 6.14. The van der Waals surface area contributed by atoms with Crippen molar-refractivity contribution in [1.29, 1.82) is 5.26 Å². The van der Waals surface area contributed by atoms with Gasteiger partial charge in [-0.2, -0.15) is 0 Å². The molecule has 2 nitrogen and oxygen atoms in total. The van der Waals surface area contributed by atoms with Gasteiger partial charge in [0, 0.05) is 19.1 Å². The second-order valence-corrected chi connectivity index (χ2v) is 1.95.